The predicted molar refractivity (Wildman–Crippen MR) is 101 cm³/mol. The lowest BCUT2D eigenvalue weighted by Crippen LogP contribution is -2.21. The molecule has 0 radical (unpaired) electrons. The van der Waals surface area contributed by atoms with Crippen molar-refractivity contribution in [3.63, 3.8) is 0 Å². The Hall–Kier alpha value is -3.35. The normalized spacial score (nSPS) is 10.1. The van der Waals surface area contributed by atoms with Crippen LogP contribution in [0, 0.1) is 0 Å². The van der Waals surface area contributed by atoms with Gasteiger partial charge in [-0.1, -0.05) is 25.5 Å². The molecule has 0 aliphatic heterocycles. The Kier molecular flexibility index (Phi) is 7.37. The molecule has 0 aromatic heterocycles. The summed E-state index contributed by atoms with van der Waals surface area (Å²) in [5.74, 6) is -1.20. The zero-order valence-corrected chi connectivity index (χ0v) is 15.1. The Morgan fingerprint density at radius 2 is 1.74 bits per heavy atom. The van der Waals surface area contributed by atoms with Crippen molar-refractivity contribution in [1.29, 1.82) is 0 Å². The van der Waals surface area contributed by atoms with Gasteiger partial charge in [0.25, 0.3) is 11.8 Å². The monoisotopic (exact) mass is 370 g/mol. The van der Waals surface area contributed by atoms with Gasteiger partial charge >= 0.3 is 5.97 Å². The molecule has 0 fully saturated rings. The Balaban J connectivity index is 1.87. The van der Waals surface area contributed by atoms with Gasteiger partial charge in [-0.2, -0.15) is 0 Å². The van der Waals surface area contributed by atoms with Gasteiger partial charge in [0.05, 0.1) is 17.7 Å². The minimum Gasteiger partial charge on any atom is -0.483 e. The van der Waals surface area contributed by atoms with Gasteiger partial charge < -0.3 is 20.5 Å². The molecule has 2 amide bonds. The molecular formula is C20H22N2O5. The maximum Gasteiger partial charge on any atom is 0.338 e. The number of para-hydroxylation sites is 1. The second kappa shape index (κ2) is 9.96. The second-order valence-corrected chi connectivity index (χ2v) is 5.76. The Labute approximate surface area is 157 Å². The highest BCUT2D eigenvalue weighted by Gasteiger charge is 2.11. The van der Waals surface area contributed by atoms with Crippen LogP contribution in [-0.2, 0) is 9.53 Å². The SMILES string of the molecule is CCCCOC(=O)c1ccc(NC(=O)COc2ccccc2C(N)=O)cc1. The van der Waals surface area contributed by atoms with Crippen molar-refractivity contribution in [3.8, 4) is 5.75 Å². The predicted octanol–water partition coefficient (Wildman–Crippen LogP) is 2.76. The molecule has 0 aliphatic rings. The van der Waals surface area contributed by atoms with Crippen molar-refractivity contribution in [2.75, 3.05) is 18.5 Å². The molecule has 3 N–H and O–H groups in total. The van der Waals surface area contributed by atoms with Crippen molar-refractivity contribution >= 4 is 23.5 Å². The number of nitrogens with one attached hydrogen (secondary N) is 1. The first-order valence-electron chi connectivity index (χ1n) is 8.60. The maximum atomic E-state index is 12.0. The number of ether oxygens (including phenoxy) is 2. The number of hydrogen-bond donors (Lipinski definition) is 2. The molecule has 7 heteroatoms. The fraction of sp³-hybridized carbons (Fsp3) is 0.250. The summed E-state index contributed by atoms with van der Waals surface area (Å²) < 4.78 is 10.5. The van der Waals surface area contributed by atoms with Gasteiger partial charge in [0, 0.05) is 5.69 Å². The molecule has 0 bridgehead atoms. The van der Waals surface area contributed by atoms with Crippen molar-refractivity contribution in [3.05, 3.63) is 59.7 Å². The number of amides is 2. The van der Waals surface area contributed by atoms with Crippen molar-refractivity contribution < 1.29 is 23.9 Å². The van der Waals surface area contributed by atoms with E-state index in [0.29, 0.717) is 17.9 Å². The summed E-state index contributed by atoms with van der Waals surface area (Å²) in [6.45, 7) is 2.12. The zero-order chi connectivity index (χ0) is 19.6. The van der Waals surface area contributed by atoms with Crippen LogP contribution >= 0.6 is 0 Å². The molecule has 2 aromatic rings. The number of esters is 1. The minimum atomic E-state index is -0.632. The molecule has 7 nitrogen and oxygen atoms in total. The van der Waals surface area contributed by atoms with Crippen molar-refractivity contribution in [2.24, 2.45) is 5.73 Å². The Morgan fingerprint density at radius 3 is 2.41 bits per heavy atom. The van der Waals surface area contributed by atoms with E-state index in [9.17, 15) is 14.4 Å². The largest absolute Gasteiger partial charge is 0.483 e. The van der Waals surface area contributed by atoms with Crippen LogP contribution in [0.4, 0.5) is 5.69 Å². The van der Waals surface area contributed by atoms with Crippen LogP contribution in [-0.4, -0.2) is 31.0 Å². The number of rotatable bonds is 9. The standard InChI is InChI=1S/C20H22N2O5/c1-2-3-12-26-20(25)14-8-10-15(11-9-14)22-18(23)13-27-17-7-5-4-6-16(17)19(21)24/h4-11H,2-3,12-13H2,1H3,(H2,21,24)(H,22,23). The fourth-order valence-electron chi connectivity index (χ4n) is 2.22. The first kappa shape index (κ1) is 20.0. The smallest absolute Gasteiger partial charge is 0.338 e. The van der Waals surface area contributed by atoms with Crippen molar-refractivity contribution in [1.82, 2.24) is 0 Å². The van der Waals surface area contributed by atoms with E-state index < -0.39 is 17.8 Å². The quantitative estimate of drug-likeness (QED) is 0.521. The van der Waals surface area contributed by atoms with Crippen molar-refractivity contribution in [2.45, 2.75) is 19.8 Å². The molecule has 0 saturated carbocycles. The van der Waals surface area contributed by atoms with Crippen LogP contribution in [0.15, 0.2) is 48.5 Å². The van der Waals surface area contributed by atoms with E-state index in [-0.39, 0.29) is 17.9 Å². The van der Waals surface area contributed by atoms with E-state index in [4.69, 9.17) is 15.2 Å². The van der Waals surface area contributed by atoms with E-state index in [1.165, 1.54) is 6.07 Å². The van der Waals surface area contributed by atoms with E-state index in [2.05, 4.69) is 5.32 Å². The molecule has 0 atom stereocenters. The van der Waals surface area contributed by atoms with Gasteiger partial charge in [-0.15, -0.1) is 0 Å². The highest BCUT2D eigenvalue weighted by Crippen LogP contribution is 2.17. The van der Waals surface area contributed by atoms with Gasteiger partial charge in [-0.3, -0.25) is 9.59 Å². The van der Waals surface area contributed by atoms with Gasteiger partial charge in [0.1, 0.15) is 5.75 Å². The van der Waals surface area contributed by atoms with Crippen LogP contribution in [0.2, 0.25) is 0 Å². The number of nitrogens with two attached hydrogens (primary N) is 1. The molecule has 0 spiro atoms. The number of benzene rings is 2. The minimum absolute atomic E-state index is 0.205. The summed E-state index contributed by atoms with van der Waals surface area (Å²) in [5.41, 5.74) is 6.39. The summed E-state index contributed by atoms with van der Waals surface area (Å²) in [5, 5.41) is 2.65. The van der Waals surface area contributed by atoms with Crippen LogP contribution in [0.25, 0.3) is 0 Å². The molecule has 142 valence electrons. The van der Waals surface area contributed by atoms with E-state index >= 15 is 0 Å². The number of anilines is 1. The number of carbonyl (C=O) groups excluding carboxylic acids is 3. The average molecular weight is 370 g/mol. The molecule has 0 unspecified atom stereocenters. The third-order valence-electron chi connectivity index (χ3n) is 3.65. The lowest BCUT2D eigenvalue weighted by Gasteiger charge is -2.10. The fourth-order valence-corrected chi connectivity index (χ4v) is 2.22. The lowest BCUT2D eigenvalue weighted by molar-refractivity contribution is -0.118. The molecule has 27 heavy (non-hydrogen) atoms. The summed E-state index contributed by atoms with van der Waals surface area (Å²) in [7, 11) is 0. The second-order valence-electron chi connectivity index (χ2n) is 5.76. The van der Waals surface area contributed by atoms with Gasteiger partial charge in [0.2, 0.25) is 0 Å². The zero-order valence-electron chi connectivity index (χ0n) is 15.1. The topological polar surface area (TPSA) is 108 Å². The third kappa shape index (κ3) is 6.14. The Morgan fingerprint density at radius 1 is 1.04 bits per heavy atom. The molecular weight excluding hydrogens is 348 g/mol. The first-order valence-corrected chi connectivity index (χ1v) is 8.60. The summed E-state index contributed by atoms with van der Waals surface area (Å²) in [4.78, 5) is 35.2. The van der Waals surface area contributed by atoms with E-state index in [1.54, 1.807) is 42.5 Å². The van der Waals surface area contributed by atoms with Crippen LogP contribution in [0.3, 0.4) is 0 Å². The van der Waals surface area contributed by atoms with E-state index in [0.717, 1.165) is 12.8 Å². The molecule has 2 rings (SSSR count). The van der Waals surface area contributed by atoms with Gasteiger partial charge in [-0.05, 0) is 42.8 Å². The summed E-state index contributed by atoms with van der Waals surface area (Å²) >= 11 is 0. The Bertz CT molecular complexity index is 802. The molecule has 0 saturated heterocycles. The number of unbranched alkanes of at least 4 members (excludes halogenated alkanes) is 1. The number of hydrogen-bond acceptors (Lipinski definition) is 5. The van der Waals surface area contributed by atoms with Gasteiger partial charge in [-0.25, -0.2) is 4.79 Å². The lowest BCUT2D eigenvalue weighted by atomic mass is 10.2. The molecule has 2 aromatic carbocycles. The molecule has 0 heterocycles. The number of primary amides is 1. The average Bonchev–Trinajstić information content (AvgIpc) is 2.67. The molecule has 0 aliphatic carbocycles. The van der Waals surface area contributed by atoms with Crippen LogP contribution in [0.5, 0.6) is 5.75 Å². The highest BCUT2D eigenvalue weighted by atomic mass is 16.5. The third-order valence-corrected chi connectivity index (χ3v) is 3.65. The summed E-state index contributed by atoms with van der Waals surface area (Å²) in [6, 6.07) is 12.8. The van der Waals surface area contributed by atoms with Crippen LogP contribution in [0.1, 0.15) is 40.5 Å². The number of carbonyl (C=O) groups is 3. The van der Waals surface area contributed by atoms with Crippen LogP contribution < -0.4 is 15.8 Å². The highest BCUT2D eigenvalue weighted by molar-refractivity contribution is 5.96. The first-order chi connectivity index (χ1) is 13.0. The van der Waals surface area contributed by atoms with Gasteiger partial charge in [0.15, 0.2) is 6.61 Å². The van der Waals surface area contributed by atoms with E-state index in [1.807, 2.05) is 6.92 Å². The summed E-state index contributed by atoms with van der Waals surface area (Å²) in [6.07, 6.45) is 1.77. The maximum absolute atomic E-state index is 12.0.